The number of rotatable bonds is 3. The lowest BCUT2D eigenvalue weighted by Crippen LogP contribution is -2.39. The molecule has 1 saturated heterocycles. The third kappa shape index (κ3) is 2.97. The van der Waals surface area contributed by atoms with Crippen LogP contribution < -0.4 is 0 Å². The summed E-state index contributed by atoms with van der Waals surface area (Å²) in [5.74, 6) is 0.117. The lowest BCUT2D eigenvalue weighted by molar-refractivity contribution is 0.0635. The minimum absolute atomic E-state index is 0.0143. The zero-order valence-corrected chi connectivity index (χ0v) is 11.3. The number of furan rings is 1. The number of carboxylic acids is 1. The van der Waals surface area contributed by atoms with E-state index in [0.717, 1.165) is 19.1 Å². The van der Waals surface area contributed by atoms with Crippen LogP contribution in [0.1, 0.15) is 47.6 Å². The summed E-state index contributed by atoms with van der Waals surface area (Å²) in [4.78, 5) is 24.6. The van der Waals surface area contributed by atoms with Crippen molar-refractivity contribution in [3.8, 4) is 0 Å². The Labute approximate surface area is 112 Å². The summed E-state index contributed by atoms with van der Waals surface area (Å²) in [7, 11) is 0. The first-order chi connectivity index (χ1) is 8.99. The molecule has 104 valence electrons. The van der Waals surface area contributed by atoms with Gasteiger partial charge in [0.25, 0.3) is 5.91 Å². The smallest absolute Gasteiger partial charge is 0.338 e. The fraction of sp³-hybridized carbons (Fsp3) is 0.571. The lowest BCUT2D eigenvalue weighted by atomic mass is 9.87. The Bertz CT molecular complexity index is 470. The Morgan fingerprint density at radius 1 is 1.37 bits per heavy atom. The van der Waals surface area contributed by atoms with E-state index in [2.05, 4.69) is 13.8 Å². The van der Waals surface area contributed by atoms with Gasteiger partial charge in [0, 0.05) is 19.2 Å². The molecule has 1 N–H and O–H groups in total. The Hall–Kier alpha value is -1.78. The summed E-state index contributed by atoms with van der Waals surface area (Å²) in [6.45, 7) is 5.83. The monoisotopic (exact) mass is 265 g/mol. The molecule has 2 heterocycles. The molecule has 5 nitrogen and oxygen atoms in total. The maximum atomic E-state index is 12.2. The minimum atomic E-state index is -1.08. The molecule has 1 aromatic heterocycles. The van der Waals surface area contributed by atoms with Gasteiger partial charge in [-0.15, -0.1) is 0 Å². The van der Waals surface area contributed by atoms with Crippen LogP contribution in [0.3, 0.4) is 0 Å². The molecule has 0 bridgehead atoms. The standard InChI is InChI=1S/C14H19NO4/c1-9(2)10-3-5-15(6-4-10)13(16)12-7-11(8-19-12)14(17)18/h7-10H,3-6H2,1-2H3,(H,17,18). The van der Waals surface area contributed by atoms with E-state index in [9.17, 15) is 9.59 Å². The second-order valence-electron chi connectivity index (χ2n) is 5.38. The molecule has 0 radical (unpaired) electrons. The number of amides is 1. The first kappa shape index (κ1) is 13.6. The number of carboxylic acid groups (broad SMARTS) is 1. The number of piperidine rings is 1. The molecule has 0 aromatic carbocycles. The zero-order valence-electron chi connectivity index (χ0n) is 11.3. The molecular formula is C14H19NO4. The van der Waals surface area contributed by atoms with Gasteiger partial charge in [0.2, 0.25) is 0 Å². The molecule has 2 rings (SSSR count). The first-order valence-electron chi connectivity index (χ1n) is 6.60. The van der Waals surface area contributed by atoms with Gasteiger partial charge in [0.15, 0.2) is 5.76 Å². The Kier molecular flexibility index (Phi) is 3.93. The topological polar surface area (TPSA) is 70.8 Å². The van der Waals surface area contributed by atoms with Gasteiger partial charge in [0.1, 0.15) is 6.26 Å². The SMILES string of the molecule is CC(C)C1CCN(C(=O)c2cc(C(=O)O)co2)CC1. The third-order valence-corrected chi connectivity index (χ3v) is 3.83. The second kappa shape index (κ2) is 5.47. The van der Waals surface area contributed by atoms with Gasteiger partial charge < -0.3 is 14.4 Å². The van der Waals surface area contributed by atoms with Crippen LogP contribution in [-0.2, 0) is 0 Å². The summed E-state index contributed by atoms with van der Waals surface area (Å²) in [5.41, 5.74) is 0.0143. The van der Waals surface area contributed by atoms with Crippen molar-refractivity contribution in [3.05, 3.63) is 23.7 Å². The Morgan fingerprint density at radius 2 is 2.00 bits per heavy atom. The summed E-state index contributed by atoms with van der Waals surface area (Å²) < 4.78 is 5.04. The van der Waals surface area contributed by atoms with Crippen molar-refractivity contribution >= 4 is 11.9 Å². The minimum Gasteiger partial charge on any atom is -0.478 e. The molecule has 19 heavy (non-hydrogen) atoms. The van der Waals surface area contributed by atoms with Gasteiger partial charge in [-0.05, 0) is 24.7 Å². The zero-order chi connectivity index (χ0) is 14.0. The fourth-order valence-corrected chi connectivity index (χ4v) is 2.49. The van der Waals surface area contributed by atoms with Crippen LogP contribution in [0.5, 0.6) is 0 Å². The summed E-state index contributed by atoms with van der Waals surface area (Å²) in [5, 5.41) is 8.80. The predicted molar refractivity (Wildman–Crippen MR) is 69.1 cm³/mol. The van der Waals surface area contributed by atoms with Crippen molar-refractivity contribution in [1.82, 2.24) is 4.90 Å². The van der Waals surface area contributed by atoms with Crippen molar-refractivity contribution in [1.29, 1.82) is 0 Å². The first-order valence-corrected chi connectivity index (χ1v) is 6.60. The molecule has 1 fully saturated rings. The number of hydrogen-bond donors (Lipinski definition) is 1. The van der Waals surface area contributed by atoms with Crippen LogP contribution >= 0.6 is 0 Å². The van der Waals surface area contributed by atoms with Gasteiger partial charge in [-0.3, -0.25) is 4.79 Å². The van der Waals surface area contributed by atoms with Crippen molar-refractivity contribution in [2.45, 2.75) is 26.7 Å². The largest absolute Gasteiger partial charge is 0.478 e. The Balaban J connectivity index is 1.99. The molecule has 5 heteroatoms. The van der Waals surface area contributed by atoms with Gasteiger partial charge in [-0.25, -0.2) is 4.79 Å². The van der Waals surface area contributed by atoms with Crippen molar-refractivity contribution in [2.24, 2.45) is 11.8 Å². The highest BCUT2D eigenvalue weighted by atomic mass is 16.4. The van der Waals surface area contributed by atoms with Gasteiger partial charge in [-0.2, -0.15) is 0 Å². The summed E-state index contributed by atoms with van der Waals surface area (Å²) in [6, 6.07) is 1.29. The summed E-state index contributed by atoms with van der Waals surface area (Å²) >= 11 is 0. The number of likely N-dealkylation sites (tertiary alicyclic amines) is 1. The van der Waals surface area contributed by atoms with E-state index in [1.54, 1.807) is 4.90 Å². The number of nitrogens with zero attached hydrogens (tertiary/aromatic N) is 1. The van der Waals surface area contributed by atoms with Crippen LogP contribution in [0.2, 0.25) is 0 Å². The van der Waals surface area contributed by atoms with Gasteiger partial charge in [-0.1, -0.05) is 13.8 Å². The molecule has 0 unspecified atom stereocenters. The second-order valence-corrected chi connectivity index (χ2v) is 5.38. The van der Waals surface area contributed by atoms with Crippen LogP contribution in [0.25, 0.3) is 0 Å². The number of carbonyl (C=O) groups excluding carboxylic acids is 1. The fourth-order valence-electron chi connectivity index (χ4n) is 2.49. The van der Waals surface area contributed by atoms with Crippen molar-refractivity contribution < 1.29 is 19.1 Å². The molecule has 0 aliphatic carbocycles. The van der Waals surface area contributed by atoms with Gasteiger partial charge >= 0.3 is 5.97 Å². The van der Waals surface area contributed by atoms with E-state index in [-0.39, 0.29) is 17.2 Å². The van der Waals surface area contributed by atoms with E-state index >= 15 is 0 Å². The number of aromatic carboxylic acids is 1. The highest BCUT2D eigenvalue weighted by Crippen LogP contribution is 2.25. The maximum Gasteiger partial charge on any atom is 0.338 e. The lowest BCUT2D eigenvalue weighted by Gasteiger charge is -2.33. The predicted octanol–water partition coefficient (Wildman–Crippen LogP) is 2.49. The Morgan fingerprint density at radius 3 is 2.47 bits per heavy atom. The molecule has 0 spiro atoms. The van der Waals surface area contributed by atoms with E-state index < -0.39 is 5.97 Å². The van der Waals surface area contributed by atoms with E-state index in [4.69, 9.17) is 9.52 Å². The van der Waals surface area contributed by atoms with Crippen LogP contribution in [0.4, 0.5) is 0 Å². The molecule has 1 aliphatic rings. The molecule has 1 amide bonds. The van der Waals surface area contributed by atoms with Gasteiger partial charge in [0.05, 0.1) is 5.56 Å². The number of hydrogen-bond acceptors (Lipinski definition) is 3. The van der Waals surface area contributed by atoms with Crippen LogP contribution in [0, 0.1) is 11.8 Å². The molecular weight excluding hydrogens is 246 g/mol. The highest BCUT2D eigenvalue weighted by Gasteiger charge is 2.27. The van der Waals surface area contributed by atoms with E-state index in [0.29, 0.717) is 24.9 Å². The quantitative estimate of drug-likeness (QED) is 0.911. The average molecular weight is 265 g/mol. The van der Waals surface area contributed by atoms with Crippen molar-refractivity contribution in [3.63, 3.8) is 0 Å². The third-order valence-electron chi connectivity index (χ3n) is 3.83. The van der Waals surface area contributed by atoms with Crippen molar-refractivity contribution in [2.75, 3.05) is 13.1 Å². The van der Waals surface area contributed by atoms with Crippen LogP contribution in [0.15, 0.2) is 16.7 Å². The molecule has 0 saturated carbocycles. The van der Waals surface area contributed by atoms with E-state index in [1.165, 1.54) is 6.07 Å². The summed E-state index contributed by atoms with van der Waals surface area (Å²) in [6.07, 6.45) is 3.10. The molecule has 0 atom stereocenters. The van der Waals surface area contributed by atoms with E-state index in [1.807, 2.05) is 0 Å². The maximum absolute atomic E-state index is 12.2. The van der Waals surface area contributed by atoms with Crippen LogP contribution in [-0.4, -0.2) is 35.0 Å². The number of carbonyl (C=O) groups is 2. The molecule has 1 aromatic rings. The normalized spacial score (nSPS) is 16.9. The molecule has 1 aliphatic heterocycles. The average Bonchev–Trinajstić information content (AvgIpc) is 2.87. The highest BCUT2D eigenvalue weighted by molar-refractivity contribution is 5.95.